The number of aliphatic hydroxyl groups excluding tert-OH is 1. The first-order valence-electron chi connectivity index (χ1n) is 14.2. The summed E-state index contributed by atoms with van der Waals surface area (Å²) in [6.45, 7) is 7.81. The number of ether oxygens (including phenoxy) is 1. The number of aliphatic hydroxyl groups is 1. The van der Waals surface area contributed by atoms with Crippen molar-refractivity contribution in [3.8, 4) is 0 Å². The molecule has 32 heavy (non-hydrogen) atoms. The molecule has 0 aliphatic carbocycles. The fourth-order valence-corrected chi connectivity index (χ4v) is 4.81. The lowest BCUT2D eigenvalue weighted by Gasteiger charge is -2.37. The largest absolute Gasteiger partial charge is 0.460 e. The number of hydrogen-bond donors (Lipinski definition) is 1. The fraction of sp³-hybridized carbons (Fsp3) is 0.964. The summed E-state index contributed by atoms with van der Waals surface area (Å²) in [4.78, 5) is 14.5. The van der Waals surface area contributed by atoms with Crippen LogP contribution in [0.15, 0.2) is 0 Å². The van der Waals surface area contributed by atoms with Gasteiger partial charge >= 0.3 is 5.97 Å². The second-order valence-corrected chi connectivity index (χ2v) is 10.2. The maximum atomic E-state index is 12.3. The molecule has 4 nitrogen and oxygen atoms in total. The van der Waals surface area contributed by atoms with Crippen molar-refractivity contribution in [3.63, 3.8) is 0 Å². The second kappa shape index (κ2) is 19.8. The van der Waals surface area contributed by atoms with Crippen LogP contribution in [0.4, 0.5) is 0 Å². The lowest BCUT2D eigenvalue weighted by molar-refractivity contribution is -0.166. The van der Waals surface area contributed by atoms with E-state index >= 15 is 0 Å². The number of nitrogens with zero attached hydrogens (tertiary/aromatic N) is 1. The third-order valence-corrected chi connectivity index (χ3v) is 7.08. The van der Waals surface area contributed by atoms with Gasteiger partial charge in [-0.2, -0.15) is 0 Å². The lowest BCUT2D eigenvalue weighted by Crippen LogP contribution is -2.53. The van der Waals surface area contributed by atoms with Gasteiger partial charge in [0.1, 0.15) is 12.1 Å². The summed E-state index contributed by atoms with van der Waals surface area (Å²) in [5.74, 6) is -0.115. The summed E-state index contributed by atoms with van der Waals surface area (Å²) < 4.78 is 5.67. The number of unbranched alkanes of at least 4 members (excludes halogenated alkanes) is 15. The highest BCUT2D eigenvalue weighted by Crippen LogP contribution is 2.20. The molecule has 1 fully saturated rings. The molecule has 1 aliphatic rings. The summed E-state index contributed by atoms with van der Waals surface area (Å²) in [5, 5.41) is 10.5. The number of carbonyl (C=O) groups excluding carboxylic acids is 1. The topological polar surface area (TPSA) is 49.8 Å². The standard InChI is InChI=1S/C28H55NO3/c1-4-6-8-10-12-14-15-17-19-21-26(30)23-29-24-27(32-28(31)25(29)3)22-20-18-16-13-11-9-7-5-2/h25-27,30H,4-24H2,1-3H3. The molecule has 0 aromatic carbocycles. The number of cyclic esters (lactones) is 1. The second-order valence-electron chi connectivity index (χ2n) is 10.2. The Bertz CT molecular complexity index is 442. The predicted octanol–water partition coefficient (Wildman–Crippen LogP) is 7.41. The number of rotatable bonds is 21. The summed E-state index contributed by atoms with van der Waals surface area (Å²) >= 11 is 0. The Balaban J connectivity index is 2.13. The van der Waals surface area contributed by atoms with Crippen molar-refractivity contribution in [2.24, 2.45) is 0 Å². The first-order valence-corrected chi connectivity index (χ1v) is 14.2. The van der Waals surface area contributed by atoms with Crippen LogP contribution in [0, 0.1) is 0 Å². The van der Waals surface area contributed by atoms with Crippen molar-refractivity contribution in [2.45, 2.75) is 161 Å². The minimum atomic E-state index is -0.336. The van der Waals surface area contributed by atoms with Crippen LogP contribution in [-0.4, -0.2) is 47.3 Å². The monoisotopic (exact) mass is 453 g/mol. The van der Waals surface area contributed by atoms with Crippen molar-refractivity contribution < 1.29 is 14.6 Å². The van der Waals surface area contributed by atoms with Crippen LogP contribution in [-0.2, 0) is 9.53 Å². The maximum Gasteiger partial charge on any atom is 0.323 e. The Hall–Kier alpha value is -0.610. The van der Waals surface area contributed by atoms with Crippen LogP contribution in [0.1, 0.15) is 143 Å². The first kappa shape index (κ1) is 29.4. The highest BCUT2D eigenvalue weighted by atomic mass is 16.5. The van der Waals surface area contributed by atoms with Gasteiger partial charge in [-0.1, -0.05) is 117 Å². The van der Waals surface area contributed by atoms with E-state index in [1.165, 1.54) is 96.3 Å². The van der Waals surface area contributed by atoms with E-state index in [9.17, 15) is 9.90 Å². The van der Waals surface area contributed by atoms with E-state index in [0.29, 0.717) is 6.54 Å². The number of hydrogen-bond acceptors (Lipinski definition) is 4. The van der Waals surface area contributed by atoms with Crippen molar-refractivity contribution in [1.29, 1.82) is 0 Å². The zero-order valence-electron chi connectivity index (χ0n) is 21.8. The summed E-state index contributed by atoms with van der Waals surface area (Å²) in [7, 11) is 0. The van der Waals surface area contributed by atoms with Gasteiger partial charge in [-0.05, 0) is 26.2 Å². The van der Waals surface area contributed by atoms with Crippen LogP contribution >= 0.6 is 0 Å². The third kappa shape index (κ3) is 14.5. The fourth-order valence-electron chi connectivity index (χ4n) is 4.81. The number of morpholine rings is 1. The van der Waals surface area contributed by atoms with Gasteiger partial charge < -0.3 is 9.84 Å². The van der Waals surface area contributed by atoms with E-state index in [-0.39, 0.29) is 24.2 Å². The minimum Gasteiger partial charge on any atom is -0.460 e. The van der Waals surface area contributed by atoms with Gasteiger partial charge in [-0.3, -0.25) is 9.69 Å². The highest BCUT2D eigenvalue weighted by molar-refractivity contribution is 5.76. The molecule has 3 unspecified atom stereocenters. The van der Waals surface area contributed by atoms with Crippen LogP contribution in [0.25, 0.3) is 0 Å². The van der Waals surface area contributed by atoms with E-state index in [1.54, 1.807) is 0 Å². The molecule has 1 aliphatic heterocycles. The Morgan fingerprint density at radius 1 is 0.812 bits per heavy atom. The summed E-state index contributed by atoms with van der Waals surface area (Å²) in [5.41, 5.74) is 0. The van der Waals surface area contributed by atoms with Crippen LogP contribution < -0.4 is 0 Å². The lowest BCUT2D eigenvalue weighted by atomic mass is 10.0. The Labute approximate surface area is 199 Å². The van der Waals surface area contributed by atoms with Crippen molar-refractivity contribution >= 4 is 5.97 Å². The van der Waals surface area contributed by atoms with Crippen LogP contribution in [0.2, 0.25) is 0 Å². The molecule has 190 valence electrons. The van der Waals surface area contributed by atoms with Crippen molar-refractivity contribution in [3.05, 3.63) is 0 Å². The molecule has 1 heterocycles. The van der Waals surface area contributed by atoms with E-state index in [4.69, 9.17) is 4.74 Å². The molecule has 1 rings (SSSR count). The average Bonchev–Trinajstić information content (AvgIpc) is 2.77. The number of carbonyl (C=O) groups is 1. The van der Waals surface area contributed by atoms with E-state index in [1.807, 2.05) is 6.92 Å². The van der Waals surface area contributed by atoms with Gasteiger partial charge in [-0.25, -0.2) is 0 Å². The van der Waals surface area contributed by atoms with E-state index in [0.717, 1.165) is 32.2 Å². The van der Waals surface area contributed by atoms with E-state index < -0.39 is 0 Å². The SMILES string of the molecule is CCCCCCCCCCCC(O)CN1CC(CCCCCCCCCC)OC(=O)C1C. The summed E-state index contributed by atoms with van der Waals surface area (Å²) in [6, 6.07) is -0.234. The molecule has 0 bridgehead atoms. The Morgan fingerprint density at radius 2 is 1.28 bits per heavy atom. The smallest absolute Gasteiger partial charge is 0.323 e. The van der Waals surface area contributed by atoms with Gasteiger partial charge in [0.2, 0.25) is 0 Å². The molecule has 0 aromatic heterocycles. The van der Waals surface area contributed by atoms with E-state index in [2.05, 4.69) is 18.7 Å². The van der Waals surface area contributed by atoms with Gasteiger partial charge in [0.05, 0.1) is 6.10 Å². The van der Waals surface area contributed by atoms with Crippen molar-refractivity contribution in [1.82, 2.24) is 4.90 Å². The first-order chi connectivity index (χ1) is 15.6. The number of esters is 1. The zero-order valence-corrected chi connectivity index (χ0v) is 21.8. The van der Waals surface area contributed by atoms with Gasteiger partial charge in [-0.15, -0.1) is 0 Å². The van der Waals surface area contributed by atoms with Crippen LogP contribution in [0.3, 0.4) is 0 Å². The quantitative estimate of drug-likeness (QED) is 0.145. The molecule has 3 atom stereocenters. The number of β-amino-alcohol motifs (C(OH)–C–C–N with tert-alkyl or cyclic N) is 1. The van der Waals surface area contributed by atoms with Gasteiger partial charge in [0, 0.05) is 13.1 Å². The molecular weight excluding hydrogens is 398 g/mol. The zero-order chi connectivity index (χ0) is 23.4. The molecule has 0 spiro atoms. The minimum absolute atomic E-state index is 0.00120. The molecule has 0 amide bonds. The molecule has 1 saturated heterocycles. The highest BCUT2D eigenvalue weighted by Gasteiger charge is 2.33. The Morgan fingerprint density at radius 3 is 1.81 bits per heavy atom. The predicted molar refractivity (Wildman–Crippen MR) is 136 cm³/mol. The normalized spacial score (nSPS) is 20.4. The summed E-state index contributed by atoms with van der Waals surface area (Å²) in [6.07, 6.45) is 23.5. The molecule has 0 saturated carbocycles. The van der Waals surface area contributed by atoms with Crippen LogP contribution in [0.5, 0.6) is 0 Å². The average molecular weight is 454 g/mol. The molecule has 1 N–H and O–H groups in total. The van der Waals surface area contributed by atoms with Gasteiger partial charge in [0.25, 0.3) is 0 Å². The molecule has 0 aromatic rings. The maximum absolute atomic E-state index is 12.3. The molecular formula is C28H55NO3. The Kier molecular flexibility index (Phi) is 18.2. The third-order valence-electron chi connectivity index (χ3n) is 7.08. The molecule has 0 radical (unpaired) electrons. The molecule has 4 heteroatoms. The van der Waals surface area contributed by atoms with Crippen molar-refractivity contribution in [2.75, 3.05) is 13.1 Å². The van der Waals surface area contributed by atoms with Gasteiger partial charge in [0.15, 0.2) is 0 Å².